The molecule has 0 spiro atoms. The van der Waals surface area contributed by atoms with E-state index in [-0.39, 0.29) is 13.1 Å². The van der Waals surface area contributed by atoms with Gasteiger partial charge in [-0.3, -0.25) is 14.4 Å². The van der Waals surface area contributed by atoms with Crippen LogP contribution in [-0.4, -0.2) is 72.4 Å². The van der Waals surface area contributed by atoms with E-state index in [1.165, 1.54) is 11.8 Å². The lowest BCUT2D eigenvalue weighted by molar-refractivity contribution is -0.131. The van der Waals surface area contributed by atoms with Crippen LogP contribution < -0.4 is 21.7 Å². The third-order valence-corrected chi connectivity index (χ3v) is 3.90. The van der Waals surface area contributed by atoms with E-state index < -0.39 is 36.4 Å². The number of hydrogen-bond donors (Lipinski definition) is 5. The highest BCUT2D eigenvalue weighted by atomic mass is 32.2. The Bertz CT molecular complexity index is 408. The number of aliphatic hydroxyl groups excluding tert-OH is 1. The molecule has 3 amide bonds. The van der Waals surface area contributed by atoms with Crippen LogP contribution >= 0.6 is 11.8 Å². The van der Waals surface area contributed by atoms with Crippen LogP contribution in [0.4, 0.5) is 0 Å². The van der Waals surface area contributed by atoms with Gasteiger partial charge in [-0.25, -0.2) is 0 Å². The van der Waals surface area contributed by atoms with Crippen molar-refractivity contribution in [3.05, 3.63) is 0 Å². The Morgan fingerprint density at radius 2 is 1.96 bits per heavy atom. The molecular formula is C13H24N4O5S. The average Bonchev–Trinajstić information content (AvgIpc) is 2.55. The number of aldehydes is 1. The second kappa shape index (κ2) is 12.9. The maximum atomic E-state index is 11.8. The van der Waals surface area contributed by atoms with E-state index in [9.17, 15) is 24.3 Å². The number of rotatable bonds is 12. The highest BCUT2D eigenvalue weighted by Crippen LogP contribution is 2.03. The van der Waals surface area contributed by atoms with E-state index in [2.05, 4.69) is 16.0 Å². The number of carbonyl (C=O) groups is 4. The Morgan fingerprint density at radius 1 is 1.26 bits per heavy atom. The standard InChI is InChI=1S/C13H24N4O5S/c1-2-5-23-8-9(14)12(21)17-10(7-19)13(22)16-6-11(20)15-3-4-18/h4,9-10,19H,2-3,5-8,14H2,1H3,(H,15,20)(H,16,22)(H,17,21)/t9?,10-/m0/s1. The van der Waals surface area contributed by atoms with Gasteiger partial charge >= 0.3 is 0 Å². The molecule has 0 fully saturated rings. The summed E-state index contributed by atoms with van der Waals surface area (Å²) in [6.45, 7) is 0.870. The van der Waals surface area contributed by atoms with Gasteiger partial charge in [0.2, 0.25) is 17.7 Å². The Kier molecular flexibility index (Phi) is 11.9. The highest BCUT2D eigenvalue weighted by Gasteiger charge is 2.23. The minimum atomic E-state index is -1.19. The van der Waals surface area contributed by atoms with E-state index in [4.69, 9.17) is 5.73 Å². The van der Waals surface area contributed by atoms with Crippen molar-refractivity contribution in [3.8, 4) is 0 Å². The van der Waals surface area contributed by atoms with Crippen molar-refractivity contribution in [1.82, 2.24) is 16.0 Å². The molecule has 2 atom stereocenters. The first kappa shape index (κ1) is 21.4. The minimum absolute atomic E-state index is 0.154. The molecule has 0 aliphatic heterocycles. The second-order valence-corrected chi connectivity index (χ2v) is 5.76. The number of nitrogens with one attached hydrogen (secondary N) is 3. The molecule has 0 aromatic carbocycles. The van der Waals surface area contributed by atoms with Crippen LogP contribution in [0.25, 0.3) is 0 Å². The minimum Gasteiger partial charge on any atom is -0.394 e. The summed E-state index contributed by atoms with van der Waals surface area (Å²) < 4.78 is 0. The van der Waals surface area contributed by atoms with Gasteiger partial charge in [-0.2, -0.15) is 11.8 Å². The van der Waals surface area contributed by atoms with Crippen molar-refractivity contribution in [3.63, 3.8) is 0 Å². The molecule has 132 valence electrons. The van der Waals surface area contributed by atoms with E-state index in [0.29, 0.717) is 12.0 Å². The molecule has 0 heterocycles. The summed E-state index contributed by atoms with van der Waals surface area (Å²) in [7, 11) is 0. The van der Waals surface area contributed by atoms with Crippen molar-refractivity contribution >= 4 is 35.8 Å². The molecule has 0 aromatic rings. The summed E-state index contributed by atoms with van der Waals surface area (Å²) in [4.78, 5) is 44.9. The van der Waals surface area contributed by atoms with Crippen molar-refractivity contribution in [2.45, 2.75) is 25.4 Å². The van der Waals surface area contributed by atoms with Crippen LogP contribution in [0.2, 0.25) is 0 Å². The van der Waals surface area contributed by atoms with Crippen LogP contribution in [0, 0.1) is 0 Å². The zero-order valence-electron chi connectivity index (χ0n) is 13.0. The van der Waals surface area contributed by atoms with Gasteiger partial charge in [0, 0.05) is 5.75 Å². The molecule has 1 unspecified atom stereocenters. The number of thioether (sulfide) groups is 1. The first-order chi connectivity index (χ1) is 11.0. The summed E-state index contributed by atoms with van der Waals surface area (Å²) >= 11 is 1.52. The molecule has 0 aliphatic rings. The average molecular weight is 348 g/mol. The summed E-state index contributed by atoms with van der Waals surface area (Å²) in [5.74, 6) is -0.529. The highest BCUT2D eigenvalue weighted by molar-refractivity contribution is 7.99. The molecule has 9 nitrogen and oxygen atoms in total. The molecule has 10 heteroatoms. The van der Waals surface area contributed by atoms with Gasteiger partial charge in [0.1, 0.15) is 12.3 Å². The lowest BCUT2D eigenvalue weighted by atomic mass is 10.2. The molecule has 0 radical (unpaired) electrons. The van der Waals surface area contributed by atoms with Gasteiger partial charge in [0.25, 0.3) is 0 Å². The number of aliphatic hydroxyl groups is 1. The van der Waals surface area contributed by atoms with Gasteiger partial charge in [-0.1, -0.05) is 6.92 Å². The van der Waals surface area contributed by atoms with E-state index in [0.717, 1.165) is 12.2 Å². The molecule has 23 heavy (non-hydrogen) atoms. The smallest absolute Gasteiger partial charge is 0.245 e. The first-order valence-electron chi connectivity index (χ1n) is 7.18. The van der Waals surface area contributed by atoms with E-state index >= 15 is 0 Å². The van der Waals surface area contributed by atoms with Gasteiger partial charge in [-0.05, 0) is 12.2 Å². The molecule has 0 rings (SSSR count). The van der Waals surface area contributed by atoms with Crippen LogP contribution in [0.5, 0.6) is 0 Å². The third-order valence-electron chi connectivity index (χ3n) is 2.60. The fraction of sp³-hybridized carbons (Fsp3) is 0.692. The van der Waals surface area contributed by atoms with Gasteiger partial charge < -0.3 is 31.6 Å². The second-order valence-electron chi connectivity index (χ2n) is 4.61. The monoisotopic (exact) mass is 348 g/mol. The Balaban J connectivity index is 4.25. The largest absolute Gasteiger partial charge is 0.394 e. The molecule has 6 N–H and O–H groups in total. The molecule has 0 aromatic heterocycles. The van der Waals surface area contributed by atoms with Gasteiger partial charge in [0.05, 0.1) is 25.7 Å². The van der Waals surface area contributed by atoms with Crippen molar-refractivity contribution in [1.29, 1.82) is 0 Å². The maximum Gasteiger partial charge on any atom is 0.245 e. The lowest BCUT2D eigenvalue weighted by Crippen LogP contribution is -2.54. The quantitative estimate of drug-likeness (QED) is 0.191. The summed E-state index contributed by atoms with van der Waals surface area (Å²) in [5.41, 5.74) is 5.69. The first-order valence-corrected chi connectivity index (χ1v) is 8.34. The van der Waals surface area contributed by atoms with Gasteiger partial charge in [0.15, 0.2) is 0 Å². The third kappa shape index (κ3) is 9.87. The summed E-state index contributed by atoms with van der Waals surface area (Å²) in [6.07, 6.45) is 1.47. The zero-order chi connectivity index (χ0) is 17.7. The maximum absolute atomic E-state index is 11.8. The van der Waals surface area contributed by atoms with Crippen LogP contribution in [0.3, 0.4) is 0 Å². The number of carbonyl (C=O) groups excluding carboxylic acids is 4. The van der Waals surface area contributed by atoms with E-state index in [1.807, 2.05) is 6.92 Å². The van der Waals surface area contributed by atoms with E-state index in [1.54, 1.807) is 0 Å². The predicted molar refractivity (Wildman–Crippen MR) is 86.7 cm³/mol. The predicted octanol–water partition coefficient (Wildman–Crippen LogP) is -2.63. The zero-order valence-corrected chi connectivity index (χ0v) is 13.9. The van der Waals surface area contributed by atoms with Crippen LogP contribution in [0.1, 0.15) is 13.3 Å². The Labute approximate surface area is 139 Å². The Hall–Kier alpha value is -1.65. The number of nitrogens with two attached hydrogens (primary N) is 1. The molecular weight excluding hydrogens is 324 g/mol. The van der Waals surface area contributed by atoms with Crippen LogP contribution in [0.15, 0.2) is 0 Å². The van der Waals surface area contributed by atoms with Crippen molar-refractivity contribution in [2.24, 2.45) is 5.73 Å². The summed E-state index contributed by atoms with van der Waals surface area (Å²) in [6, 6.07) is -1.98. The molecule has 0 saturated carbocycles. The van der Waals surface area contributed by atoms with Gasteiger partial charge in [-0.15, -0.1) is 0 Å². The SMILES string of the molecule is CCCSCC(N)C(=O)N[C@@H](CO)C(=O)NCC(=O)NCC=O. The molecule has 0 aliphatic carbocycles. The lowest BCUT2D eigenvalue weighted by Gasteiger charge is -2.18. The summed E-state index contributed by atoms with van der Waals surface area (Å²) in [5, 5.41) is 16.0. The number of amides is 3. The fourth-order valence-electron chi connectivity index (χ4n) is 1.41. The topological polar surface area (TPSA) is 151 Å². The molecule has 0 bridgehead atoms. The van der Waals surface area contributed by atoms with Crippen molar-refractivity contribution in [2.75, 3.05) is 31.2 Å². The normalized spacial score (nSPS) is 12.8. The van der Waals surface area contributed by atoms with Crippen molar-refractivity contribution < 1.29 is 24.3 Å². The molecule has 0 saturated heterocycles. The number of hydrogen-bond acceptors (Lipinski definition) is 7. The Morgan fingerprint density at radius 3 is 2.52 bits per heavy atom. The fourth-order valence-corrected chi connectivity index (χ4v) is 2.27. The van der Waals surface area contributed by atoms with Crippen LogP contribution in [-0.2, 0) is 19.2 Å².